The number of rotatable bonds is 11. The van der Waals surface area contributed by atoms with Crippen LogP contribution in [0.3, 0.4) is 0 Å². The monoisotopic (exact) mass is 626 g/mol. The van der Waals surface area contributed by atoms with Gasteiger partial charge >= 0.3 is 5.97 Å². The minimum absolute atomic E-state index is 0.0698. The van der Waals surface area contributed by atoms with E-state index in [4.69, 9.17) is 23.7 Å². The fourth-order valence-electron chi connectivity index (χ4n) is 5.28. The standard InChI is InChI=1S/C31H46O13/c1-14(2)7-9-16-11-18(30(39)43-29-23(36)22(35)27(40-5)25(38)28(29)41-6)12-17(10-8-15(3)4)26(16)44-31-24(37)21(34)20(33)19(13-32)42-31/h7-8,11-12,19-25,27-29,31-38H,9-10,13H2,1-6H3. The number of methoxy groups -OCH3 is 2. The van der Waals surface area contributed by atoms with Gasteiger partial charge in [0.1, 0.15) is 60.7 Å². The molecule has 44 heavy (non-hydrogen) atoms. The van der Waals surface area contributed by atoms with Crippen LogP contribution in [-0.4, -0.2) is 130 Å². The van der Waals surface area contributed by atoms with E-state index in [-0.39, 0.29) is 24.2 Å². The number of carbonyl (C=O) groups is 1. The van der Waals surface area contributed by atoms with Crippen molar-refractivity contribution < 1.29 is 64.2 Å². The summed E-state index contributed by atoms with van der Waals surface area (Å²) in [7, 11) is 2.53. The highest BCUT2D eigenvalue weighted by Gasteiger charge is 2.52. The zero-order valence-corrected chi connectivity index (χ0v) is 25.9. The third kappa shape index (κ3) is 8.04. The van der Waals surface area contributed by atoms with E-state index < -0.39 is 79.9 Å². The van der Waals surface area contributed by atoms with Gasteiger partial charge in [0, 0.05) is 14.2 Å². The van der Waals surface area contributed by atoms with Gasteiger partial charge in [-0.25, -0.2) is 4.79 Å². The summed E-state index contributed by atoms with van der Waals surface area (Å²) in [5.41, 5.74) is 2.97. The molecule has 0 aromatic heterocycles. The Labute approximate surface area is 256 Å². The number of hydrogen-bond donors (Lipinski definition) is 7. The molecule has 7 N–H and O–H groups in total. The average molecular weight is 627 g/mol. The van der Waals surface area contributed by atoms with Crippen molar-refractivity contribution in [2.75, 3.05) is 20.8 Å². The Morgan fingerprint density at radius 1 is 0.750 bits per heavy atom. The van der Waals surface area contributed by atoms with E-state index in [1.54, 1.807) is 0 Å². The van der Waals surface area contributed by atoms with Crippen LogP contribution in [-0.2, 0) is 31.8 Å². The summed E-state index contributed by atoms with van der Waals surface area (Å²) in [6, 6.07) is 3.02. The van der Waals surface area contributed by atoms with Crippen molar-refractivity contribution >= 4 is 5.97 Å². The van der Waals surface area contributed by atoms with Crippen LogP contribution in [0.25, 0.3) is 0 Å². The van der Waals surface area contributed by atoms with E-state index in [2.05, 4.69) is 0 Å². The highest BCUT2D eigenvalue weighted by molar-refractivity contribution is 5.90. The Bertz CT molecular complexity index is 1130. The fourth-order valence-corrected chi connectivity index (χ4v) is 5.28. The summed E-state index contributed by atoms with van der Waals surface area (Å²) in [6.45, 7) is 6.92. The Morgan fingerprint density at radius 2 is 1.27 bits per heavy atom. The maximum Gasteiger partial charge on any atom is 0.338 e. The second-order valence-corrected chi connectivity index (χ2v) is 11.7. The molecule has 13 nitrogen and oxygen atoms in total. The lowest BCUT2D eigenvalue weighted by atomic mass is 9.84. The molecule has 2 fully saturated rings. The largest absolute Gasteiger partial charge is 0.461 e. The average Bonchev–Trinajstić information content (AvgIpc) is 2.98. The van der Waals surface area contributed by atoms with Crippen LogP contribution >= 0.6 is 0 Å². The second-order valence-electron chi connectivity index (χ2n) is 11.7. The second kappa shape index (κ2) is 15.7. The summed E-state index contributed by atoms with van der Waals surface area (Å²) in [6.07, 6.45) is -11.6. The number of aliphatic hydroxyl groups excluding tert-OH is 7. The number of benzene rings is 1. The molecule has 1 heterocycles. The maximum absolute atomic E-state index is 13.6. The van der Waals surface area contributed by atoms with Crippen LogP contribution in [0.5, 0.6) is 5.75 Å². The molecule has 2 aliphatic rings. The van der Waals surface area contributed by atoms with Gasteiger partial charge in [-0.2, -0.15) is 0 Å². The molecular formula is C31H46O13. The molecule has 1 aromatic carbocycles. The number of aliphatic hydroxyl groups is 7. The molecular weight excluding hydrogens is 580 g/mol. The molecule has 1 aliphatic heterocycles. The molecule has 11 atom stereocenters. The summed E-state index contributed by atoms with van der Waals surface area (Å²) in [4.78, 5) is 13.6. The zero-order chi connectivity index (χ0) is 32.9. The lowest BCUT2D eigenvalue weighted by Crippen LogP contribution is -2.65. The van der Waals surface area contributed by atoms with Crippen LogP contribution in [0.1, 0.15) is 49.2 Å². The Balaban J connectivity index is 2.06. The van der Waals surface area contributed by atoms with Crippen molar-refractivity contribution in [3.63, 3.8) is 0 Å². The van der Waals surface area contributed by atoms with Gasteiger partial charge in [0.2, 0.25) is 6.29 Å². The van der Waals surface area contributed by atoms with Gasteiger partial charge in [0.15, 0.2) is 6.10 Å². The molecule has 1 aliphatic carbocycles. The van der Waals surface area contributed by atoms with Gasteiger partial charge in [0.25, 0.3) is 0 Å². The predicted octanol–water partition coefficient (Wildman–Crippen LogP) is -0.466. The summed E-state index contributed by atoms with van der Waals surface area (Å²) in [5.74, 6) is -0.621. The molecule has 13 heteroatoms. The predicted molar refractivity (Wildman–Crippen MR) is 156 cm³/mol. The first-order chi connectivity index (χ1) is 20.7. The lowest BCUT2D eigenvalue weighted by Gasteiger charge is -2.43. The maximum atomic E-state index is 13.6. The minimum Gasteiger partial charge on any atom is -0.461 e. The lowest BCUT2D eigenvalue weighted by molar-refractivity contribution is -0.277. The van der Waals surface area contributed by atoms with Crippen LogP contribution in [0.15, 0.2) is 35.4 Å². The third-order valence-corrected chi connectivity index (χ3v) is 7.83. The van der Waals surface area contributed by atoms with Gasteiger partial charge in [-0.3, -0.25) is 0 Å². The number of hydrogen-bond acceptors (Lipinski definition) is 13. The number of allylic oxidation sites excluding steroid dienone is 4. The van der Waals surface area contributed by atoms with Crippen molar-refractivity contribution in [2.24, 2.45) is 0 Å². The number of carbonyl (C=O) groups excluding carboxylic acids is 1. The van der Waals surface area contributed by atoms with Crippen molar-refractivity contribution in [3.8, 4) is 5.75 Å². The van der Waals surface area contributed by atoms with Crippen molar-refractivity contribution in [1.82, 2.24) is 0 Å². The van der Waals surface area contributed by atoms with E-state index in [9.17, 15) is 40.5 Å². The van der Waals surface area contributed by atoms with E-state index in [1.807, 2.05) is 39.8 Å². The van der Waals surface area contributed by atoms with Crippen molar-refractivity contribution in [2.45, 2.75) is 108 Å². The summed E-state index contributed by atoms with van der Waals surface area (Å²) < 4.78 is 27.8. The topological polar surface area (TPSA) is 205 Å². The molecule has 1 saturated heterocycles. The molecule has 1 saturated carbocycles. The quantitative estimate of drug-likeness (QED) is 0.123. The molecule has 0 spiro atoms. The smallest absolute Gasteiger partial charge is 0.338 e. The molecule has 0 radical (unpaired) electrons. The SMILES string of the molecule is COC1C(O)C(O)C(OC(=O)c2cc(CC=C(C)C)c(OC3OC(CO)C(O)C(O)C3O)c(CC=C(C)C)c2)C(OC)C1O. The van der Waals surface area contributed by atoms with Crippen molar-refractivity contribution in [1.29, 1.82) is 0 Å². The highest BCUT2D eigenvalue weighted by atomic mass is 16.7. The molecule has 11 unspecified atom stereocenters. The Hall–Kier alpha value is -2.43. The normalized spacial score (nSPS) is 33.8. The van der Waals surface area contributed by atoms with Gasteiger partial charge in [-0.05, 0) is 63.8 Å². The van der Waals surface area contributed by atoms with Gasteiger partial charge < -0.3 is 59.4 Å². The van der Waals surface area contributed by atoms with E-state index in [1.165, 1.54) is 26.4 Å². The van der Waals surface area contributed by atoms with Crippen LogP contribution in [0.4, 0.5) is 0 Å². The molecule has 0 amide bonds. The van der Waals surface area contributed by atoms with Crippen LogP contribution < -0.4 is 4.74 Å². The summed E-state index contributed by atoms with van der Waals surface area (Å²) in [5, 5.41) is 72.7. The summed E-state index contributed by atoms with van der Waals surface area (Å²) >= 11 is 0. The zero-order valence-electron chi connectivity index (χ0n) is 25.9. The van der Waals surface area contributed by atoms with E-state index >= 15 is 0 Å². The number of ether oxygens (including phenoxy) is 5. The van der Waals surface area contributed by atoms with Gasteiger partial charge in [0.05, 0.1) is 12.2 Å². The highest BCUT2D eigenvalue weighted by Crippen LogP contribution is 2.34. The van der Waals surface area contributed by atoms with Gasteiger partial charge in [-0.1, -0.05) is 23.3 Å². The van der Waals surface area contributed by atoms with Crippen molar-refractivity contribution in [3.05, 3.63) is 52.1 Å². The van der Waals surface area contributed by atoms with Gasteiger partial charge in [-0.15, -0.1) is 0 Å². The van der Waals surface area contributed by atoms with Crippen LogP contribution in [0.2, 0.25) is 0 Å². The first-order valence-electron chi connectivity index (χ1n) is 14.5. The molecule has 1 aromatic rings. The molecule has 0 bridgehead atoms. The minimum atomic E-state index is -1.66. The first kappa shape index (κ1) is 36.0. The first-order valence-corrected chi connectivity index (χ1v) is 14.5. The molecule has 3 rings (SSSR count). The fraction of sp³-hybridized carbons (Fsp3) is 0.645. The number of esters is 1. The van der Waals surface area contributed by atoms with Crippen LogP contribution in [0, 0.1) is 0 Å². The Kier molecular flexibility index (Phi) is 12.9. The van der Waals surface area contributed by atoms with E-state index in [0.29, 0.717) is 11.1 Å². The molecule has 248 valence electrons. The third-order valence-electron chi connectivity index (χ3n) is 7.83. The van der Waals surface area contributed by atoms with E-state index in [0.717, 1.165) is 11.1 Å². The Morgan fingerprint density at radius 3 is 1.75 bits per heavy atom.